The van der Waals surface area contributed by atoms with Gasteiger partial charge in [-0.2, -0.15) is 0 Å². The number of halogens is 2. The molecule has 1 aliphatic heterocycles. The summed E-state index contributed by atoms with van der Waals surface area (Å²) in [5.41, 5.74) is 0.613. The fourth-order valence-corrected chi connectivity index (χ4v) is 1.40. The highest BCUT2D eigenvalue weighted by atomic mass is 19.3. The lowest BCUT2D eigenvalue weighted by atomic mass is 10.1. The van der Waals surface area contributed by atoms with Gasteiger partial charge in [0, 0.05) is 6.42 Å². The number of ether oxygens (including phenoxy) is 2. The van der Waals surface area contributed by atoms with E-state index in [2.05, 4.69) is 9.47 Å². The smallest absolute Gasteiger partial charge is 0.481 e. The van der Waals surface area contributed by atoms with Crippen LogP contribution in [0.4, 0.5) is 8.78 Å². The maximum Gasteiger partial charge on any atom is 0.586 e. The second-order valence-corrected chi connectivity index (χ2v) is 3.34. The minimum Gasteiger partial charge on any atom is -0.481 e. The Morgan fingerprint density at radius 1 is 1.31 bits per heavy atom. The van der Waals surface area contributed by atoms with Gasteiger partial charge in [0.1, 0.15) is 0 Å². The van der Waals surface area contributed by atoms with Crippen LogP contribution in [-0.4, -0.2) is 17.4 Å². The Labute approximate surface area is 89.4 Å². The van der Waals surface area contributed by atoms with Crippen LogP contribution in [0.3, 0.4) is 0 Å². The van der Waals surface area contributed by atoms with Crippen molar-refractivity contribution in [3.8, 4) is 11.5 Å². The summed E-state index contributed by atoms with van der Waals surface area (Å²) < 4.78 is 33.7. The molecule has 2 rings (SSSR count). The Morgan fingerprint density at radius 2 is 2.00 bits per heavy atom. The van der Waals surface area contributed by atoms with E-state index >= 15 is 0 Å². The Kier molecular flexibility index (Phi) is 2.41. The van der Waals surface area contributed by atoms with Crippen LogP contribution in [-0.2, 0) is 11.2 Å². The molecule has 0 saturated carbocycles. The number of rotatable bonds is 3. The Bertz CT molecular complexity index is 431. The van der Waals surface area contributed by atoms with Crippen molar-refractivity contribution in [2.24, 2.45) is 0 Å². The summed E-state index contributed by atoms with van der Waals surface area (Å²) in [6, 6.07) is 4.24. The predicted octanol–water partition coefficient (Wildman–Crippen LogP) is 2.03. The molecule has 1 heterocycles. The number of carboxylic acid groups (broad SMARTS) is 1. The molecule has 0 atom stereocenters. The molecule has 0 spiro atoms. The van der Waals surface area contributed by atoms with Crippen LogP contribution < -0.4 is 9.47 Å². The van der Waals surface area contributed by atoms with Gasteiger partial charge in [-0.15, -0.1) is 8.78 Å². The van der Waals surface area contributed by atoms with Crippen molar-refractivity contribution in [1.82, 2.24) is 0 Å². The highest BCUT2D eigenvalue weighted by Gasteiger charge is 2.43. The first-order chi connectivity index (χ1) is 7.46. The standard InChI is InChI=1S/C10H8F2O4/c11-10(12)15-7-3-1-6(2-4-9(13)14)5-8(7)16-10/h1,3,5H,2,4H2,(H,13,14). The Morgan fingerprint density at radius 3 is 2.69 bits per heavy atom. The first kappa shape index (κ1) is 10.7. The monoisotopic (exact) mass is 230 g/mol. The first-order valence-corrected chi connectivity index (χ1v) is 4.57. The molecule has 1 aromatic carbocycles. The van der Waals surface area contributed by atoms with Gasteiger partial charge in [-0.05, 0) is 24.1 Å². The molecule has 0 radical (unpaired) electrons. The van der Waals surface area contributed by atoms with E-state index in [4.69, 9.17) is 5.11 Å². The Hall–Kier alpha value is -1.85. The SMILES string of the molecule is O=C(O)CCc1ccc2c(c1)OC(F)(F)O2. The molecule has 0 amide bonds. The quantitative estimate of drug-likeness (QED) is 0.863. The van der Waals surface area contributed by atoms with Crippen LogP contribution in [0.15, 0.2) is 18.2 Å². The lowest BCUT2D eigenvalue weighted by molar-refractivity contribution is -0.286. The topological polar surface area (TPSA) is 55.8 Å². The number of carbonyl (C=O) groups is 1. The van der Waals surface area contributed by atoms with Gasteiger partial charge in [-0.25, -0.2) is 0 Å². The van der Waals surface area contributed by atoms with E-state index in [0.717, 1.165) is 0 Å². The normalized spacial score (nSPS) is 16.1. The summed E-state index contributed by atoms with van der Waals surface area (Å²) >= 11 is 0. The van der Waals surface area contributed by atoms with Crippen LogP contribution in [0.5, 0.6) is 11.5 Å². The number of aryl methyl sites for hydroxylation is 1. The van der Waals surface area contributed by atoms with Gasteiger partial charge in [0.2, 0.25) is 0 Å². The molecule has 6 heteroatoms. The molecule has 0 saturated heterocycles. The van der Waals surface area contributed by atoms with E-state index in [1.165, 1.54) is 18.2 Å². The van der Waals surface area contributed by atoms with Crippen molar-refractivity contribution in [2.75, 3.05) is 0 Å². The lowest BCUT2D eigenvalue weighted by Crippen LogP contribution is -2.25. The van der Waals surface area contributed by atoms with Crippen molar-refractivity contribution < 1.29 is 28.2 Å². The second-order valence-electron chi connectivity index (χ2n) is 3.34. The number of hydrogen-bond acceptors (Lipinski definition) is 3. The van der Waals surface area contributed by atoms with Gasteiger partial charge in [0.15, 0.2) is 11.5 Å². The minimum atomic E-state index is -3.63. The van der Waals surface area contributed by atoms with Gasteiger partial charge in [0.05, 0.1) is 0 Å². The molecule has 16 heavy (non-hydrogen) atoms. The molecule has 86 valence electrons. The molecule has 0 unspecified atom stereocenters. The molecule has 4 nitrogen and oxygen atoms in total. The minimum absolute atomic E-state index is 0.0379. The maximum absolute atomic E-state index is 12.6. The number of aliphatic carboxylic acids is 1. The van der Waals surface area contributed by atoms with Crippen molar-refractivity contribution in [1.29, 1.82) is 0 Å². The molecular weight excluding hydrogens is 222 g/mol. The van der Waals surface area contributed by atoms with Gasteiger partial charge in [-0.3, -0.25) is 4.79 Å². The maximum atomic E-state index is 12.6. The van der Waals surface area contributed by atoms with Crippen LogP contribution >= 0.6 is 0 Å². The molecular formula is C10H8F2O4. The van der Waals surface area contributed by atoms with Crippen molar-refractivity contribution in [3.63, 3.8) is 0 Å². The lowest BCUT2D eigenvalue weighted by Gasteiger charge is -2.04. The third kappa shape index (κ3) is 2.21. The van der Waals surface area contributed by atoms with E-state index < -0.39 is 12.3 Å². The van der Waals surface area contributed by atoms with Crippen molar-refractivity contribution in [3.05, 3.63) is 23.8 Å². The second kappa shape index (κ2) is 3.62. The average molecular weight is 230 g/mol. The third-order valence-corrected chi connectivity index (χ3v) is 2.09. The first-order valence-electron chi connectivity index (χ1n) is 4.57. The van der Waals surface area contributed by atoms with Crippen LogP contribution in [0.2, 0.25) is 0 Å². The van der Waals surface area contributed by atoms with Gasteiger partial charge >= 0.3 is 12.3 Å². The number of alkyl halides is 2. The highest BCUT2D eigenvalue weighted by Crippen LogP contribution is 2.41. The molecule has 0 fully saturated rings. The fourth-order valence-electron chi connectivity index (χ4n) is 1.40. The zero-order valence-electron chi connectivity index (χ0n) is 8.07. The van der Waals surface area contributed by atoms with Gasteiger partial charge in [-0.1, -0.05) is 6.07 Å². The van der Waals surface area contributed by atoms with Crippen LogP contribution in [0.25, 0.3) is 0 Å². The zero-order valence-corrected chi connectivity index (χ0v) is 8.07. The van der Waals surface area contributed by atoms with Crippen LogP contribution in [0, 0.1) is 0 Å². The largest absolute Gasteiger partial charge is 0.586 e. The molecule has 1 aliphatic rings. The highest BCUT2D eigenvalue weighted by molar-refractivity contribution is 5.67. The van der Waals surface area contributed by atoms with E-state index in [-0.39, 0.29) is 24.3 Å². The van der Waals surface area contributed by atoms with Gasteiger partial charge < -0.3 is 14.6 Å². The predicted molar refractivity (Wildman–Crippen MR) is 48.6 cm³/mol. The number of hydrogen-bond donors (Lipinski definition) is 1. The number of benzene rings is 1. The molecule has 1 N–H and O–H groups in total. The van der Waals surface area contributed by atoms with E-state index in [0.29, 0.717) is 5.56 Å². The molecule has 1 aromatic rings. The average Bonchev–Trinajstić information content (AvgIpc) is 2.47. The van der Waals surface area contributed by atoms with E-state index in [1.54, 1.807) is 0 Å². The molecule has 0 aromatic heterocycles. The van der Waals surface area contributed by atoms with Crippen molar-refractivity contribution >= 4 is 5.97 Å². The summed E-state index contributed by atoms with van der Waals surface area (Å²) in [4.78, 5) is 10.3. The number of fused-ring (bicyclic) bond motifs is 1. The third-order valence-electron chi connectivity index (χ3n) is 2.09. The van der Waals surface area contributed by atoms with Gasteiger partial charge in [0.25, 0.3) is 0 Å². The van der Waals surface area contributed by atoms with Crippen molar-refractivity contribution in [2.45, 2.75) is 19.1 Å². The summed E-state index contributed by atoms with van der Waals surface area (Å²) in [5.74, 6) is -1.04. The fraction of sp³-hybridized carbons (Fsp3) is 0.300. The summed E-state index contributed by atoms with van der Waals surface area (Å²) in [6.45, 7) is 0. The molecule has 0 bridgehead atoms. The summed E-state index contributed by atoms with van der Waals surface area (Å²) in [6.07, 6.45) is -3.43. The van der Waals surface area contributed by atoms with Crippen LogP contribution in [0.1, 0.15) is 12.0 Å². The van der Waals surface area contributed by atoms with E-state index in [9.17, 15) is 13.6 Å². The summed E-state index contributed by atoms with van der Waals surface area (Å²) in [5, 5.41) is 8.48. The Balaban J connectivity index is 2.13. The molecule has 0 aliphatic carbocycles. The zero-order chi connectivity index (χ0) is 11.8. The summed E-state index contributed by atoms with van der Waals surface area (Å²) in [7, 11) is 0. The van der Waals surface area contributed by atoms with E-state index in [1.807, 2.05) is 0 Å². The number of carboxylic acids is 1.